The number of rotatable bonds is 3. The maximum atomic E-state index is 9.81. The lowest BCUT2D eigenvalue weighted by Crippen LogP contribution is -2.38. The summed E-state index contributed by atoms with van der Waals surface area (Å²) in [5, 5.41) is 23.1. The third kappa shape index (κ3) is 2.94. The van der Waals surface area contributed by atoms with Crippen LogP contribution in [0.3, 0.4) is 0 Å². The van der Waals surface area contributed by atoms with Crippen LogP contribution in [0.2, 0.25) is 0 Å². The molecule has 18 heavy (non-hydrogen) atoms. The van der Waals surface area contributed by atoms with Gasteiger partial charge < -0.3 is 21.3 Å². The Hall–Kier alpha value is -1.26. The minimum Gasteiger partial charge on any atom is -0.507 e. The van der Waals surface area contributed by atoms with Crippen molar-refractivity contribution in [1.82, 2.24) is 5.32 Å². The molecule has 2 rings (SSSR count). The quantitative estimate of drug-likeness (QED) is 0.662. The number of phenols is 2. The fourth-order valence-electron chi connectivity index (χ4n) is 2.71. The van der Waals surface area contributed by atoms with E-state index in [0.717, 1.165) is 25.7 Å². The van der Waals surface area contributed by atoms with Crippen LogP contribution >= 0.6 is 0 Å². The molecule has 1 aromatic carbocycles. The maximum Gasteiger partial charge on any atom is 0.124 e. The summed E-state index contributed by atoms with van der Waals surface area (Å²) in [5.41, 5.74) is 6.46. The van der Waals surface area contributed by atoms with Gasteiger partial charge >= 0.3 is 0 Å². The van der Waals surface area contributed by atoms with Gasteiger partial charge in [0.2, 0.25) is 0 Å². The van der Waals surface area contributed by atoms with Crippen molar-refractivity contribution in [3.05, 3.63) is 23.8 Å². The van der Waals surface area contributed by atoms with Crippen molar-refractivity contribution in [1.29, 1.82) is 0 Å². The van der Waals surface area contributed by atoms with Crippen LogP contribution in [0.4, 0.5) is 0 Å². The van der Waals surface area contributed by atoms with Crippen molar-refractivity contribution >= 4 is 0 Å². The van der Waals surface area contributed by atoms with Crippen LogP contribution in [0, 0.1) is 0 Å². The zero-order valence-electron chi connectivity index (χ0n) is 10.8. The van der Waals surface area contributed by atoms with Crippen molar-refractivity contribution in [3.63, 3.8) is 0 Å². The van der Waals surface area contributed by atoms with Crippen molar-refractivity contribution in [2.75, 3.05) is 0 Å². The van der Waals surface area contributed by atoms with E-state index in [1.54, 1.807) is 18.2 Å². The Morgan fingerprint density at radius 1 is 1.17 bits per heavy atom. The van der Waals surface area contributed by atoms with Crippen LogP contribution in [0.25, 0.3) is 0 Å². The fourth-order valence-corrected chi connectivity index (χ4v) is 2.71. The Morgan fingerprint density at radius 2 is 1.72 bits per heavy atom. The lowest BCUT2D eigenvalue weighted by Gasteiger charge is -2.30. The minimum absolute atomic E-state index is 0.0643. The summed E-state index contributed by atoms with van der Waals surface area (Å²) in [7, 11) is 0. The van der Waals surface area contributed by atoms with Gasteiger partial charge in [-0.15, -0.1) is 0 Å². The van der Waals surface area contributed by atoms with Gasteiger partial charge in [-0.25, -0.2) is 0 Å². The maximum absolute atomic E-state index is 9.81. The molecule has 1 aliphatic carbocycles. The summed E-state index contributed by atoms with van der Waals surface area (Å²) in [5.74, 6) is 0.282. The van der Waals surface area contributed by atoms with E-state index in [1.807, 2.05) is 6.92 Å². The van der Waals surface area contributed by atoms with Gasteiger partial charge in [0.1, 0.15) is 11.5 Å². The minimum atomic E-state index is -0.0643. The molecule has 4 nitrogen and oxygen atoms in total. The molecule has 0 saturated heterocycles. The van der Waals surface area contributed by atoms with E-state index in [-0.39, 0.29) is 17.5 Å². The second kappa shape index (κ2) is 5.59. The van der Waals surface area contributed by atoms with Crippen LogP contribution in [0.1, 0.15) is 44.2 Å². The second-order valence-electron chi connectivity index (χ2n) is 5.21. The molecule has 100 valence electrons. The standard InChI is InChI=1S/C14H22N2O2/c1-9(14-12(17)3-2-4-13(14)18)16-11-7-5-10(15)6-8-11/h2-4,9-11,16-18H,5-8,15H2,1H3. The Bertz CT molecular complexity index is 381. The number of benzene rings is 1. The number of hydrogen-bond donors (Lipinski definition) is 4. The molecule has 0 radical (unpaired) electrons. The predicted molar refractivity (Wildman–Crippen MR) is 71.6 cm³/mol. The van der Waals surface area contributed by atoms with Crippen molar-refractivity contribution in [2.45, 2.75) is 50.7 Å². The monoisotopic (exact) mass is 250 g/mol. The highest BCUT2D eigenvalue weighted by atomic mass is 16.3. The smallest absolute Gasteiger partial charge is 0.124 e. The van der Waals surface area contributed by atoms with Crippen LogP contribution in [0.15, 0.2) is 18.2 Å². The van der Waals surface area contributed by atoms with Crippen LogP contribution < -0.4 is 11.1 Å². The van der Waals surface area contributed by atoms with Gasteiger partial charge in [0.25, 0.3) is 0 Å². The van der Waals surface area contributed by atoms with Gasteiger partial charge in [0.15, 0.2) is 0 Å². The molecule has 5 N–H and O–H groups in total. The SMILES string of the molecule is CC(NC1CCC(N)CC1)c1c(O)cccc1O. The number of phenolic OH excluding ortho intramolecular Hbond substituents is 2. The topological polar surface area (TPSA) is 78.5 Å². The molecule has 0 aromatic heterocycles. The third-order valence-electron chi connectivity index (χ3n) is 3.75. The van der Waals surface area contributed by atoms with E-state index >= 15 is 0 Å². The van der Waals surface area contributed by atoms with E-state index in [2.05, 4.69) is 5.32 Å². The molecule has 1 aromatic rings. The first-order chi connectivity index (χ1) is 8.58. The van der Waals surface area contributed by atoms with E-state index < -0.39 is 0 Å². The average Bonchev–Trinajstić information content (AvgIpc) is 2.32. The van der Waals surface area contributed by atoms with Gasteiger partial charge in [0.05, 0.1) is 5.56 Å². The predicted octanol–water partition coefficient (Wildman–Crippen LogP) is 2.02. The highest BCUT2D eigenvalue weighted by Gasteiger charge is 2.22. The first kappa shape index (κ1) is 13.2. The molecule has 1 saturated carbocycles. The summed E-state index contributed by atoms with van der Waals surface area (Å²) >= 11 is 0. The Kier molecular flexibility index (Phi) is 4.09. The summed E-state index contributed by atoms with van der Waals surface area (Å²) in [6.07, 6.45) is 4.19. The van der Waals surface area contributed by atoms with Crippen LogP contribution in [-0.2, 0) is 0 Å². The van der Waals surface area contributed by atoms with Gasteiger partial charge in [0, 0.05) is 18.1 Å². The number of hydrogen-bond acceptors (Lipinski definition) is 4. The zero-order valence-corrected chi connectivity index (χ0v) is 10.8. The van der Waals surface area contributed by atoms with Gasteiger partial charge in [-0.05, 0) is 44.7 Å². The molecular weight excluding hydrogens is 228 g/mol. The van der Waals surface area contributed by atoms with E-state index in [4.69, 9.17) is 5.73 Å². The van der Waals surface area contributed by atoms with Gasteiger partial charge in [-0.1, -0.05) is 6.07 Å². The highest BCUT2D eigenvalue weighted by molar-refractivity contribution is 5.44. The van der Waals surface area contributed by atoms with Gasteiger partial charge in [-0.3, -0.25) is 0 Å². The first-order valence-corrected chi connectivity index (χ1v) is 6.60. The molecule has 4 heteroatoms. The molecule has 0 spiro atoms. The summed E-state index contributed by atoms with van der Waals surface area (Å²) < 4.78 is 0. The molecule has 0 heterocycles. The molecule has 1 unspecified atom stereocenters. The van der Waals surface area contributed by atoms with E-state index in [0.29, 0.717) is 17.6 Å². The highest BCUT2D eigenvalue weighted by Crippen LogP contribution is 2.33. The fraction of sp³-hybridized carbons (Fsp3) is 0.571. The summed E-state index contributed by atoms with van der Waals surface area (Å²) in [6, 6.07) is 5.52. The third-order valence-corrected chi connectivity index (χ3v) is 3.75. The Morgan fingerprint density at radius 3 is 2.28 bits per heavy atom. The number of aromatic hydroxyl groups is 2. The second-order valence-corrected chi connectivity index (χ2v) is 5.21. The van der Waals surface area contributed by atoms with Crippen molar-refractivity contribution in [3.8, 4) is 11.5 Å². The molecular formula is C14H22N2O2. The Balaban J connectivity index is 2.01. The molecule has 0 bridgehead atoms. The van der Waals surface area contributed by atoms with Crippen LogP contribution in [-0.4, -0.2) is 22.3 Å². The van der Waals surface area contributed by atoms with E-state index in [1.165, 1.54) is 0 Å². The normalized spacial score (nSPS) is 25.9. The lowest BCUT2D eigenvalue weighted by molar-refractivity contribution is 0.315. The molecule has 1 atom stereocenters. The lowest BCUT2D eigenvalue weighted by atomic mass is 9.91. The van der Waals surface area contributed by atoms with Gasteiger partial charge in [-0.2, -0.15) is 0 Å². The zero-order chi connectivity index (χ0) is 13.1. The van der Waals surface area contributed by atoms with Crippen molar-refractivity contribution < 1.29 is 10.2 Å². The Labute approximate surface area is 108 Å². The molecule has 1 aliphatic rings. The van der Waals surface area contributed by atoms with Crippen molar-refractivity contribution in [2.24, 2.45) is 5.73 Å². The molecule has 0 aliphatic heterocycles. The molecule has 0 amide bonds. The largest absolute Gasteiger partial charge is 0.507 e. The number of nitrogens with two attached hydrogens (primary N) is 1. The average molecular weight is 250 g/mol. The number of nitrogens with one attached hydrogen (secondary N) is 1. The first-order valence-electron chi connectivity index (χ1n) is 6.60. The summed E-state index contributed by atoms with van der Waals surface area (Å²) in [6.45, 7) is 1.96. The van der Waals surface area contributed by atoms with E-state index in [9.17, 15) is 10.2 Å². The molecule has 1 fully saturated rings. The van der Waals surface area contributed by atoms with Crippen LogP contribution in [0.5, 0.6) is 11.5 Å². The summed E-state index contributed by atoms with van der Waals surface area (Å²) in [4.78, 5) is 0.